The molecular formula is C11H12O. The van der Waals surface area contributed by atoms with Gasteiger partial charge in [0.1, 0.15) is 0 Å². The second-order valence-electron chi connectivity index (χ2n) is 3.77. The van der Waals surface area contributed by atoms with Gasteiger partial charge in [0.05, 0.1) is 12.5 Å². The Hall–Kier alpha value is -1.24. The van der Waals surface area contributed by atoms with Crippen LogP contribution in [0.1, 0.15) is 13.8 Å². The molecule has 0 radical (unpaired) electrons. The molecule has 1 aliphatic heterocycles. The van der Waals surface area contributed by atoms with Crippen molar-refractivity contribution in [1.29, 1.82) is 0 Å². The molecule has 1 aliphatic carbocycles. The van der Waals surface area contributed by atoms with E-state index in [9.17, 15) is 0 Å². The van der Waals surface area contributed by atoms with Crippen LogP contribution in [0.15, 0.2) is 48.0 Å². The van der Waals surface area contributed by atoms with Crippen LogP contribution in [-0.2, 0) is 4.74 Å². The molecule has 0 aromatic rings. The minimum atomic E-state index is 0.175. The van der Waals surface area contributed by atoms with Crippen molar-refractivity contribution in [2.45, 2.75) is 13.8 Å². The number of rotatable bonds is 0. The van der Waals surface area contributed by atoms with Crippen LogP contribution >= 0.6 is 0 Å². The lowest BCUT2D eigenvalue weighted by atomic mass is 9.83. The summed E-state index contributed by atoms with van der Waals surface area (Å²) in [5, 5.41) is 0. The van der Waals surface area contributed by atoms with Gasteiger partial charge in [-0.25, -0.2) is 0 Å². The third-order valence-electron chi connectivity index (χ3n) is 2.07. The van der Waals surface area contributed by atoms with Crippen LogP contribution in [0, 0.1) is 5.41 Å². The zero-order valence-electron chi connectivity index (χ0n) is 7.37. The van der Waals surface area contributed by atoms with Crippen LogP contribution in [0.2, 0.25) is 0 Å². The first-order valence-corrected chi connectivity index (χ1v) is 4.12. The predicted molar refractivity (Wildman–Crippen MR) is 49.3 cm³/mol. The highest BCUT2D eigenvalue weighted by Gasteiger charge is 2.18. The van der Waals surface area contributed by atoms with E-state index in [1.54, 1.807) is 12.5 Å². The first kappa shape index (κ1) is 7.41. The molecule has 12 heavy (non-hydrogen) atoms. The van der Waals surface area contributed by atoms with Crippen molar-refractivity contribution in [3.8, 4) is 0 Å². The maximum Gasteiger partial charge on any atom is 0.0979 e. The Bertz CT molecular complexity index is 314. The van der Waals surface area contributed by atoms with E-state index in [2.05, 4.69) is 32.1 Å². The van der Waals surface area contributed by atoms with Gasteiger partial charge in [-0.05, 0) is 11.6 Å². The van der Waals surface area contributed by atoms with Gasteiger partial charge in [-0.1, -0.05) is 32.1 Å². The minimum Gasteiger partial charge on any atom is -0.472 e. The molecule has 1 heteroatoms. The van der Waals surface area contributed by atoms with Crippen LogP contribution in [0.3, 0.4) is 0 Å². The average molecular weight is 160 g/mol. The molecule has 62 valence electrons. The third kappa shape index (κ3) is 1.22. The second kappa shape index (κ2) is 2.37. The zero-order valence-corrected chi connectivity index (χ0v) is 7.37. The van der Waals surface area contributed by atoms with Crippen molar-refractivity contribution < 1.29 is 4.74 Å². The van der Waals surface area contributed by atoms with Crippen LogP contribution in [0.5, 0.6) is 0 Å². The molecule has 0 unspecified atom stereocenters. The Morgan fingerprint density at radius 2 is 2.00 bits per heavy atom. The fourth-order valence-corrected chi connectivity index (χ4v) is 1.41. The van der Waals surface area contributed by atoms with E-state index in [-0.39, 0.29) is 5.41 Å². The topological polar surface area (TPSA) is 9.23 Å². The van der Waals surface area contributed by atoms with Crippen molar-refractivity contribution in [3.63, 3.8) is 0 Å². The van der Waals surface area contributed by atoms with Gasteiger partial charge in [-0.15, -0.1) is 0 Å². The Kier molecular flexibility index (Phi) is 1.47. The maximum absolute atomic E-state index is 5.07. The lowest BCUT2D eigenvalue weighted by Gasteiger charge is -2.23. The van der Waals surface area contributed by atoms with Crippen LogP contribution in [0.25, 0.3) is 0 Å². The summed E-state index contributed by atoms with van der Waals surface area (Å²) in [6.07, 6.45) is 12.0. The van der Waals surface area contributed by atoms with Gasteiger partial charge in [0.25, 0.3) is 0 Å². The molecule has 1 nitrogen and oxygen atoms in total. The summed E-state index contributed by atoms with van der Waals surface area (Å²) in [6, 6.07) is 0. The quantitative estimate of drug-likeness (QED) is 0.529. The van der Waals surface area contributed by atoms with Crippen molar-refractivity contribution in [1.82, 2.24) is 0 Å². The fraction of sp³-hybridized carbons (Fsp3) is 0.273. The van der Waals surface area contributed by atoms with Crippen LogP contribution < -0.4 is 0 Å². The molecule has 0 amide bonds. The standard InChI is InChI=1S/C11H12O/c1-11(2)5-3-10-8-12-6-4-9(10)7-11/h3-8H,1-2H3. The molecular weight excluding hydrogens is 148 g/mol. The van der Waals surface area contributed by atoms with Gasteiger partial charge in [0, 0.05) is 11.0 Å². The molecule has 0 N–H and O–H groups in total. The van der Waals surface area contributed by atoms with Crippen LogP contribution in [-0.4, -0.2) is 0 Å². The van der Waals surface area contributed by atoms with Gasteiger partial charge in [-0.2, -0.15) is 0 Å². The van der Waals surface area contributed by atoms with Gasteiger partial charge in [0.2, 0.25) is 0 Å². The molecule has 0 bridgehead atoms. The molecule has 1 heterocycles. The highest BCUT2D eigenvalue weighted by atomic mass is 16.5. The summed E-state index contributed by atoms with van der Waals surface area (Å²) in [7, 11) is 0. The summed E-state index contributed by atoms with van der Waals surface area (Å²) in [5.41, 5.74) is 2.60. The molecule has 0 saturated carbocycles. The third-order valence-corrected chi connectivity index (χ3v) is 2.07. The predicted octanol–water partition coefficient (Wildman–Crippen LogP) is 2.94. The SMILES string of the molecule is CC1(C)C=CC2=COC=CC2=C1. The first-order valence-electron chi connectivity index (χ1n) is 4.12. The van der Waals surface area contributed by atoms with Crippen molar-refractivity contribution in [3.05, 3.63) is 48.0 Å². The lowest BCUT2D eigenvalue weighted by Crippen LogP contribution is -2.09. The highest BCUT2D eigenvalue weighted by molar-refractivity contribution is 5.51. The number of hydrogen-bond donors (Lipinski definition) is 0. The first-order chi connectivity index (χ1) is 5.67. The van der Waals surface area contributed by atoms with E-state index in [0.29, 0.717) is 0 Å². The normalized spacial score (nSPS) is 23.8. The van der Waals surface area contributed by atoms with Crippen LogP contribution in [0.4, 0.5) is 0 Å². The molecule has 0 saturated heterocycles. The monoisotopic (exact) mass is 160 g/mol. The van der Waals surface area contributed by atoms with Crippen molar-refractivity contribution >= 4 is 0 Å². The summed E-state index contributed by atoms with van der Waals surface area (Å²) < 4.78 is 5.07. The summed E-state index contributed by atoms with van der Waals surface area (Å²) in [5.74, 6) is 0. The number of hydrogen-bond acceptors (Lipinski definition) is 1. The average Bonchev–Trinajstić information content (AvgIpc) is 2.02. The number of fused-ring (bicyclic) bond motifs is 1. The van der Waals surface area contributed by atoms with E-state index in [1.807, 2.05) is 6.08 Å². The van der Waals surface area contributed by atoms with E-state index in [0.717, 1.165) is 5.57 Å². The Morgan fingerprint density at radius 3 is 2.83 bits per heavy atom. The van der Waals surface area contributed by atoms with Crippen molar-refractivity contribution in [2.24, 2.45) is 5.41 Å². The molecule has 2 aliphatic rings. The Labute approximate surface area is 72.7 Å². The Balaban J connectivity index is 2.41. The van der Waals surface area contributed by atoms with E-state index in [1.165, 1.54) is 5.57 Å². The van der Waals surface area contributed by atoms with Gasteiger partial charge in [-0.3, -0.25) is 0 Å². The molecule has 0 aromatic carbocycles. The smallest absolute Gasteiger partial charge is 0.0979 e. The van der Waals surface area contributed by atoms with Gasteiger partial charge in [0.15, 0.2) is 0 Å². The molecule has 2 rings (SSSR count). The molecule has 0 aromatic heterocycles. The van der Waals surface area contributed by atoms with E-state index < -0.39 is 0 Å². The largest absolute Gasteiger partial charge is 0.472 e. The second-order valence-corrected chi connectivity index (χ2v) is 3.77. The molecule has 0 spiro atoms. The summed E-state index contributed by atoms with van der Waals surface area (Å²) in [4.78, 5) is 0. The summed E-state index contributed by atoms with van der Waals surface area (Å²) in [6.45, 7) is 4.38. The molecule has 0 fully saturated rings. The number of ether oxygens (including phenoxy) is 1. The Morgan fingerprint density at radius 1 is 1.17 bits per heavy atom. The minimum absolute atomic E-state index is 0.175. The lowest BCUT2D eigenvalue weighted by molar-refractivity contribution is 0.394. The maximum atomic E-state index is 5.07. The fourth-order valence-electron chi connectivity index (χ4n) is 1.41. The van der Waals surface area contributed by atoms with E-state index >= 15 is 0 Å². The molecule has 0 atom stereocenters. The highest BCUT2D eigenvalue weighted by Crippen LogP contribution is 2.32. The van der Waals surface area contributed by atoms with E-state index in [4.69, 9.17) is 4.74 Å². The van der Waals surface area contributed by atoms with Gasteiger partial charge < -0.3 is 4.74 Å². The number of allylic oxidation sites excluding steroid dienone is 6. The van der Waals surface area contributed by atoms with Crippen molar-refractivity contribution in [2.75, 3.05) is 0 Å². The summed E-state index contributed by atoms with van der Waals surface area (Å²) >= 11 is 0. The zero-order chi connectivity index (χ0) is 8.60. The van der Waals surface area contributed by atoms with Gasteiger partial charge >= 0.3 is 0 Å².